The molecule has 1 unspecified atom stereocenters. The van der Waals surface area contributed by atoms with Crippen LogP contribution < -0.4 is 10.9 Å². The van der Waals surface area contributed by atoms with Gasteiger partial charge in [0.2, 0.25) is 5.91 Å². The smallest absolute Gasteiger partial charge is 0.307 e. The lowest BCUT2D eigenvalue weighted by atomic mass is 9.77. The molecule has 2 fully saturated rings. The number of carboxylic acid groups (broad SMARTS) is 2. The molecule has 0 aromatic carbocycles. The number of rotatable bonds is 5. The number of carbonyl (C=O) groups is 7. The van der Waals surface area contributed by atoms with E-state index < -0.39 is 71.4 Å². The molecule has 154 valence electrons. The van der Waals surface area contributed by atoms with Crippen molar-refractivity contribution < 1.29 is 48.9 Å². The molecule has 0 aromatic rings. The second-order valence-electron chi connectivity index (χ2n) is 6.41. The Morgan fingerprint density at radius 3 is 2.00 bits per heavy atom. The van der Waals surface area contributed by atoms with Crippen LogP contribution in [0.3, 0.4) is 0 Å². The fraction of sp³-hybridized carbons (Fsp3) is 0.562. The second-order valence-corrected chi connectivity index (χ2v) is 6.41. The summed E-state index contributed by atoms with van der Waals surface area (Å²) in [7, 11) is 0. The molecule has 1 saturated carbocycles. The van der Waals surface area contributed by atoms with E-state index in [9.17, 15) is 38.7 Å². The van der Waals surface area contributed by atoms with Crippen molar-refractivity contribution in [2.45, 2.75) is 44.6 Å². The molecule has 12 heteroatoms. The lowest BCUT2D eigenvalue weighted by molar-refractivity contribution is -0.160. The zero-order valence-electron chi connectivity index (χ0n) is 14.9. The zero-order valence-corrected chi connectivity index (χ0v) is 14.9. The second kappa shape index (κ2) is 9.17. The molecular weight excluding hydrogens is 380 g/mol. The molecule has 1 heterocycles. The highest BCUT2D eigenvalue weighted by Crippen LogP contribution is 2.24. The van der Waals surface area contributed by atoms with Crippen LogP contribution in [0.1, 0.15) is 39.0 Å². The molecule has 0 radical (unpaired) electrons. The van der Waals surface area contributed by atoms with Gasteiger partial charge in [0.1, 0.15) is 5.92 Å². The molecule has 2 aliphatic rings. The number of hydrogen-bond acceptors (Lipinski definition) is 8. The van der Waals surface area contributed by atoms with E-state index in [1.807, 2.05) is 10.9 Å². The van der Waals surface area contributed by atoms with E-state index in [0.717, 1.165) is 0 Å². The van der Waals surface area contributed by atoms with Crippen LogP contribution in [0.15, 0.2) is 0 Å². The van der Waals surface area contributed by atoms with E-state index in [0.29, 0.717) is 0 Å². The average Bonchev–Trinajstić information content (AvgIpc) is 2.57. The molecule has 1 aliphatic heterocycles. The van der Waals surface area contributed by atoms with E-state index in [2.05, 4.69) is 0 Å². The predicted octanol–water partition coefficient (Wildman–Crippen LogP) is -2.04. The Balaban J connectivity index is 0.000000283. The number of aliphatic hydroxyl groups is 1. The molecule has 1 saturated heterocycles. The highest BCUT2D eigenvalue weighted by Gasteiger charge is 2.44. The van der Waals surface area contributed by atoms with Gasteiger partial charge in [0.05, 0.1) is 18.8 Å². The topological polar surface area (TPSA) is 204 Å². The minimum Gasteiger partial charge on any atom is -0.481 e. The summed E-state index contributed by atoms with van der Waals surface area (Å²) in [6, 6.07) is 0. The van der Waals surface area contributed by atoms with Crippen molar-refractivity contribution in [1.29, 1.82) is 0 Å². The van der Waals surface area contributed by atoms with Crippen molar-refractivity contribution in [2.24, 2.45) is 11.8 Å². The van der Waals surface area contributed by atoms with Gasteiger partial charge in [-0.2, -0.15) is 0 Å². The van der Waals surface area contributed by atoms with Gasteiger partial charge in [-0.25, -0.2) is 0 Å². The van der Waals surface area contributed by atoms with E-state index >= 15 is 0 Å². The number of carbonyl (C=O) groups excluding carboxylic acids is 5. The molecule has 0 spiro atoms. The fourth-order valence-electron chi connectivity index (χ4n) is 2.74. The first-order valence-corrected chi connectivity index (χ1v) is 8.25. The Labute approximate surface area is 158 Å². The predicted molar refractivity (Wildman–Crippen MR) is 87.3 cm³/mol. The van der Waals surface area contributed by atoms with Crippen LogP contribution >= 0.6 is 0 Å². The van der Waals surface area contributed by atoms with E-state index in [1.165, 1.54) is 0 Å². The number of hydrazine groups is 1. The molecular formula is C16H20N2O10. The number of aliphatic carboxylic acids is 2. The van der Waals surface area contributed by atoms with Crippen LogP contribution in [-0.2, 0) is 33.6 Å². The maximum Gasteiger partial charge on any atom is 0.307 e. The molecule has 1 aliphatic carbocycles. The highest BCUT2D eigenvalue weighted by atomic mass is 16.4. The van der Waals surface area contributed by atoms with Crippen LogP contribution in [0.5, 0.6) is 0 Å². The Hall–Kier alpha value is -3.15. The number of amides is 2. The van der Waals surface area contributed by atoms with Gasteiger partial charge < -0.3 is 15.3 Å². The van der Waals surface area contributed by atoms with Gasteiger partial charge >= 0.3 is 11.9 Å². The van der Waals surface area contributed by atoms with E-state index in [4.69, 9.17) is 10.2 Å². The van der Waals surface area contributed by atoms with Crippen LogP contribution in [0.25, 0.3) is 0 Å². The third-order valence-electron chi connectivity index (χ3n) is 4.19. The largest absolute Gasteiger partial charge is 0.481 e. The summed E-state index contributed by atoms with van der Waals surface area (Å²) in [5.74, 6) is -7.69. The van der Waals surface area contributed by atoms with Gasteiger partial charge in [-0.1, -0.05) is 6.92 Å². The van der Waals surface area contributed by atoms with Gasteiger partial charge in [-0.05, 0) is 0 Å². The summed E-state index contributed by atoms with van der Waals surface area (Å²) in [4.78, 5) is 76.6. The van der Waals surface area contributed by atoms with Crippen molar-refractivity contribution >= 4 is 41.1 Å². The number of ketones is 3. The van der Waals surface area contributed by atoms with Gasteiger partial charge in [0.15, 0.2) is 23.0 Å². The van der Waals surface area contributed by atoms with Crippen LogP contribution in [0.2, 0.25) is 0 Å². The molecule has 28 heavy (non-hydrogen) atoms. The quantitative estimate of drug-likeness (QED) is 0.320. The Bertz CT molecular complexity index is 709. The molecule has 0 bridgehead atoms. The van der Waals surface area contributed by atoms with Crippen LogP contribution in [0, 0.1) is 11.8 Å². The SMILES string of the molecule is CCC(=O)C1C(=O)CC(C(=O)O)CC1=O.O=C(O)CC1(O)CC(=O)NNC1=O. The number of nitrogens with one attached hydrogen (secondary N) is 2. The van der Waals surface area contributed by atoms with Gasteiger partial charge in [0.25, 0.3) is 5.91 Å². The van der Waals surface area contributed by atoms with Crippen LogP contribution in [-0.4, -0.2) is 62.0 Å². The molecule has 1 atom stereocenters. The summed E-state index contributed by atoms with van der Waals surface area (Å²) < 4.78 is 0. The Morgan fingerprint density at radius 1 is 1.04 bits per heavy atom. The summed E-state index contributed by atoms with van der Waals surface area (Å²) in [5, 5.41) is 26.5. The molecule has 2 amide bonds. The summed E-state index contributed by atoms with van der Waals surface area (Å²) in [6.45, 7) is 1.58. The summed E-state index contributed by atoms with van der Waals surface area (Å²) in [5.41, 5.74) is 1.71. The normalized spacial score (nSPS) is 27.1. The lowest BCUT2D eigenvalue weighted by Crippen LogP contribution is -2.61. The van der Waals surface area contributed by atoms with Gasteiger partial charge in [0, 0.05) is 19.3 Å². The number of hydrogen-bond donors (Lipinski definition) is 5. The zero-order chi connectivity index (χ0) is 21.6. The monoisotopic (exact) mass is 400 g/mol. The third kappa shape index (κ3) is 5.67. The Kier molecular flexibility index (Phi) is 7.50. The molecule has 12 nitrogen and oxygen atoms in total. The minimum atomic E-state index is -2.13. The average molecular weight is 400 g/mol. The van der Waals surface area contributed by atoms with Crippen LogP contribution in [0.4, 0.5) is 0 Å². The number of Topliss-reactive ketones (excluding diaryl/α,β-unsaturated/α-hetero) is 3. The van der Waals surface area contributed by atoms with Gasteiger partial charge in [-0.3, -0.25) is 44.4 Å². The van der Waals surface area contributed by atoms with Crippen molar-refractivity contribution in [3.63, 3.8) is 0 Å². The van der Waals surface area contributed by atoms with Crippen molar-refractivity contribution in [2.75, 3.05) is 0 Å². The third-order valence-corrected chi connectivity index (χ3v) is 4.19. The first-order valence-electron chi connectivity index (χ1n) is 8.25. The first-order chi connectivity index (χ1) is 12.9. The summed E-state index contributed by atoms with van der Waals surface area (Å²) >= 11 is 0. The standard InChI is InChI=1S/C10H12O5.C6H8N2O5/c1-2-6(11)9-7(12)3-5(10(14)15)4-8(9)13;9-3-1-6(13,2-4(10)11)5(12)8-7-3/h5,9H,2-4H2,1H3,(H,14,15);13H,1-2H2,(H,7,9)(H,8,12)(H,10,11). The van der Waals surface area contributed by atoms with Crippen molar-refractivity contribution in [3.8, 4) is 0 Å². The number of carboxylic acids is 2. The maximum absolute atomic E-state index is 11.4. The van der Waals surface area contributed by atoms with E-state index in [1.54, 1.807) is 6.92 Å². The molecule has 2 rings (SSSR count). The highest BCUT2D eigenvalue weighted by molar-refractivity contribution is 6.21. The minimum absolute atomic E-state index is 0.125. The molecule has 0 aromatic heterocycles. The van der Waals surface area contributed by atoms with Gasteiger partial charge in [-0.15, -0.1) is 0 Å². The lowest BCUT2D eigenvalue weighted by Gasteiger charge is -2.28. The van der Waals surface area contributed by atoms with Crippen molar-refractivity contribution in [3.05, 3.63) is 0 Å². The first kappa shape index (κ1) is 22.9. The fourth-order valence-corrected chi connectivity index (χ4v) is 2.74. The summed E-state index contributed by atoms with van der Waals surface area (Å²) in [6.07, 6.45) is -1.62. The Morgan fingerprint density at radius 2 is 1.57 bits per heavy atom. The molecule has 5 N–H and O–H groups in total. The maximum atomic E-state index is 11.4. The van der Waals surface area contributed by atoms with E-state index in [-0.39, 0.29) is 19.3 Å². The van der Waals surface area contributed by atoms with Crippen molar-refractivity contribution in [1.82, 2.24) is 10.9 Å².